The van der Waals surface area contributed by atoms with Gasteiger partial charge in [0, 0.05) is 5.02 Å². The van der Waals surface area contributed by atoms with E-state index in [1.807, 2.05) is 6.07 Å². The topological polar surface area (TPSA) is 94.1 Å². The van der Waals surface area contributed by atoms with Crippen LogP contribution < -0.4 is 14.8 Å². The van der Waals surface area contributed by atoms with Gasteiger partial charge in [0.05, 0.1) is 6.04 Å². The largest absolute Gasteiger partial charge is 0.507 e. The zero-order valence-electron chi connectivity index (χ0n) is 13.8. The van der Waals surface area contributed by atoms with Crippen LogP contribution in [0.15, 0.2) is 36.4 Å². The molecule has 3 rings (SSSR count). The third kappa shape index (κ3) is 4.00. The molecule has 1 aliphatic rings. The van der Waals surface area contributed by atoms with Gasteiger partial charge in [0.1, 0.15) is 11.3 Å². The van der Waals surface area contributed by atoms with Gasteiger partial charge in [-0.05, 0) is 42.8 Å². The molecule has 7 nitrogen and oxygen atoms in total. The molecular formula is C18H16ClNO6. The van der Waals surface area contributed by atoms with Crippen LogP contribution in [0.25, 0.3) is 0 Å². The minimum atomic E-state index is -0.837. The first-order valence-electron chi connectivity index (χ1n) is 7.78. The van der Waals surface area contributed by atoms with Gasteiger partial charge in [0.25, 0.3) is 5.91 Å². The van der Waals surface area contributed by atoms with Crippen LogP contribution in [-0.4, -0.2) is 30.4 Å². The van der Waals surface area contributed by atoms with E-state index in [1.54, 1.807) is 19.1 Å². The molecule has 0 spiro atoms. The lowest BCUT2D eigenvalue weighted by Crippen LogP contribution is -2.31. The van der Waals surface area contributed by atoms with Gasteiger partial charge in [-0.2, -0.15) is 0 Å². The monoisotopic (exact) mass is 377 g/mol. The van der Waals surface area contributed by atoms with Gasteiger partial charge >= 0.3 is 5.97 Å². The Labute approximate surface area is 154 Å². The maximum atomic E-state index is 12.0. The van der Waals surface area contributed by atoms with Gasteiger partial charge in [-0.3, -0.25) is 4.79 Å². The van der Waals surface area contributed by atoms with Gasteiger partial charge in [-0.1, -0.05) is 17.7 Å². The average molecular weight is 378 g/mol. The molecule has 0 saturated carbocycles. The lowest BCUT2D eigenvalue weighted by Gasteiger charge is -2.15. The van der Waals surface area contributed by atoms with E-state index < -0.39 is 18.5 Å². The number of carbonyl (C=O) groups excluding carboxylic acids is 2. The molecule has 0 unspecified atom stereocenters. The molecule has 1 amide bonds. The number of fused-ring (bicyclic) bond motifs is 1. The minimum absolute atomic E-state index is 0.103. The molecule has 1 aliphatic heterocycles. The molecule has 0 aliphatic carbocycles. The molecule has 2 aromatic rings. The van der Waals surface area contributed by atoms with Crippen molar-refractivity contribution in [2.45, 2.75) is 13.0 Å². The second-order valence-electron chi connectivity index (χ2n) is 5.64. The van der Waals surface area contributed by atoms with Crippen molar-refractivity contribution in [3.05, 3.63) is 52.5 Å². The molecular weight excluding hydrogens is 362 g/mol. The van der Waals surface area contributed by atoms with E-state index in [9.17, 15) is 14.7 Å². The number of carbonyl (C=O) groups is 2. The van der Waals surface area contributed by atoms with Gasteiger partial charge in [-0.25, -0.2) is 4.79 Å². The minimum Gasteiger partial charge on any atom is -0.507 e. The summed E-state index contributed by atoms with van der Waals surface area (Å²) in [5, 5.41) is 12.7. The number of amides is 1. The zero-order valence-corrected chi connectivity index (χ0v) is 14.6. The van der Waals surface area contributed by atoms with Crippen LogP contribution in [0, 0.1) is 0 Å². The van der Waals surface area contributed by atoms with Crippen molar-refractivity contribution in [1.29, 1.82) is 0 Å². The Morgan fingerprint density at radius 3 is 2.81 bits per heavy atom. The lowest BCUT2D eigenvalue weighted by molar-refractivity contribution is -0.124. The molecule has 136 valence electrons. The summed E-state index contributed by atoms with van der Waals surface area (Å²) in [5.41, 5.74) is 0.718. The fourth-order valence-electron chi connectivity index (χ4n) is 2.43. The summed E-state index contributed by atoms with van der Waals surface area (Å²) in [7, 11) is 0. The molecule has 1 heterocycles. The van der Waals surface area contributed by atoms with E-state index in [0.29, 0.717) is 11.5 Å². The van der Waals surface area contributed by atoms with E-state index in [0.717, 1.165) is 5.56 Å². The summed E-state index contributed by atoms with van der Waals surface area (Å²) in [4.78, 5) is 24.0. The fourth-order valence-corrected chi connectivity index (χ4v) is 2.60. The van der Waals surface area contributed by atoms with Crippen LogP contribution >= 0.6 is 11.6 Å². The van der Waals surface area contributed by atoms with Gasteiger partial charge in [0.15, 0.2) is 18.1 Å². The van der Waals surface area contributed by atoms with Gasteiger partial charge < -0.3 is 24.6 Å². The molecule has 26 heavy (non-hydrogen) atoms. The summed E-state index contributed by atoms with van der Waals surface area (Å²) >= 11 is 5.78. The van der Waals surface area contributed by atoms with E-state index in [4.69, 9.17) is 25.8 Å². The molecule has 0 radical (unpaired) electrons. The highest BCUT2D eigenvalue weighted by Gasteiger charge is 2.18. The van der Waals surface area contributed by atoms with Crippen molar-refractivity contribution >= 4 is 23.5 Å². The molecule has 8 heteroatoms. The highest BCUT2D eigenvalue weighted by molar-refractivity contribution is 6.31. The van der Waals surface area contributed by atoms with Crippen molar-refractivity contribution in [3.8, 4) is 17.2 Å². The Bertz CT molecular complexity index is 854. The number of benzene rings is 2. The number of hydrogen-bond donors (Lipinski definition) is 2. The lowest BCUT2D eigenvalue weighted by atomic mass is 10.1. The Morgan fingerprint density at radius 2 is 2.00 bits per heavy atom. The molecule has 0 bridgehead atoms. The Hall–Kier alpha value is -2.93. The number of hydrogen-bond acceptors (Lipinski definition) is 6. The van der Waals surface area contributed by atoms with Gasteiger partial charge in [-0.15, -0.1) is 0 Å². The Morgan fingerprint density at radius 1 is 1.23 bits per heavy atom. The maximum absolute atomic E-state index is 12.0. The van der Waals surface area contributed by atoms with E-state index in [1.165, 1.54) is 18.2 Å². The van der Waals surface area contributed by atoms with Crippen LogP contribution in [0.3, 0.4) is 0 Å². The summed E-state index contributed by atoms with van der Waals surface area (Å²) < 4.78 is 15.5. The van der Waals surface area contributed by atoms with Crippen LogP contribution in [0.2, 0.25) is 5.02 Å². The van der Waals surface area contributed by atoms with E-state index >= 15 is 0 Å². The van der Waals surface area contributed by atoms with Crippen LogP contribution in [0.5, 0.6) is 17.2 Å². The van der Waals surface area contributed by atoms with Crippen molar-refractivity contribution in [2.75, 3.05) is 13.4 Å². The first kappa shape index (κ1) is 17.9. The van der Waals surface area contributed by atoms with Crippen molar-refractivity contribution < 1.29 is 28.9 Å². The smallest absolute Gasteiger partial charge is 0.342 e. The number of phenols is 1. The highest BCUT2D eigenvalue weighted by atomic mass is 35.5. The van der Waals surface area contributed by atoms with Crippen LogP contribution in [0.1, 0.15) is 28.9 Å². The predicted octanol–water partition coefficient (Wildman–Crippen LogP) is 2.81. The fraction of sp³-hybridized carbons (Fsp3) is 0.222. The molecule has 0 aromatic heterocycles. The molecule has 1 atom stereocenters. The number of rotatable bonds is 5. The number of esters is 1. The van der Waals surface area contributed by atoms with Gasteiger partial charge in [0.2, 0.25) is 6.79 Å². The third-order valence-corrected chi connectivity index (χ3v) is 4.02. The van der Waals surface area contributed by atoms with E-state index in [-0.39, 0.29) is 29.2 Å². The first-order valence-corrected chi connectivity index (χ1v) is 8.16. The SMILES string of the molecule is C[C@@H](NC(=O)COC(=O)c1cc(Cl)ccc1O)c1ccc2c(c1)OCO2. The molecule has 2 N–H and O–H groups in total. The third-order valence-electron chi connectivity index (χ3n) is 3.79. The number of nitrogens with one attached hydrogen (secondary N) is 1. The van der Waals surface area contributed by atoms with E-state index in [2.05, 4.69) is 5.32 Å². The highest BCUT2D eigenvalue weighted by Crippen LogP contribution is 2.34. The standard InChI is InChI=1S/C18H16ClNO6/c1-10(11-2-5-15-16(6-11)26-9-25-15)20-17(22)8-24-18(23)13-7-12(19)3-4-14(13)21/h2-7,10,21H,8-9H2,1H3,(H,20,22)/t10-/m1/s1. The molecule has 0 saturated heterocycles. The number of ether oxygens (including phenoxy) is 3. The summed E-state index contributed by atoms with van der Waals surface area (Å²) in [6.45, 7) is 1.48. The van der Waals surface area contributed by atoms with Crippen molar-refractivity contribution in [3.63, 3.8) is 0 Å². The average Bonchev–Trinajstić information content (AvgIpc) is 3.09. The summed E-state index contributed by atoms with van der Waals surface area (Å²) in [6.07, 6.45) is 0. The first-order chi connectivity index (χ1) is 12.4. The second-order valence-corrected chi connectivity index (χ2v) is 6.08. The molecule has 0 fully saturated rings. The van der Waals surface area contributed by atoms with Crippen molar-refractivity contribution in [2.24, 2.45) is 0 Å². The Balaban J connectivity index is 1.55. The predicted molar refractivity (Wildman–Crippen MR) is 92.5 cm³/mol. The van der Waals surface area contributed by atoms with Crippen molar-refractivity contribution in [1.82, 2.24) is 5.32 Å². The summed E-state index contributed by atoms with van der Waals surface area (Å²) in [5.74, 6) is -0.316. The van der Waals surface area contributed by atoms with Crippen LogP contribution in [-0.2, 0) is 9.53 Å². The Kier molecular flexibility index (Phi) is 5.18. The normalized spacial score (nSPS) is 13.2. The van der Waals surface area contributed by atoms with Crippen LogP contribution in [0.4, 0.5) is 0 Å². The zero-order chi connectivity index (χ0) is 18.7. The number of phenolic OH excluding ortho intramolecular Hbond substituents is 1. The maximum Gasteiger partial charge on any atom is 0.342 e. The number of halogens is 1. The summed E-state index contributed by atoms with van der Waals surface area (Å²) in [6, 6.07) is 9.02. The number of aromatic hydroxyl groups is 1. The molecule has 2 aromatic carbocycles. The second kappa shape index (κ2) is 7.53. The quantitative estimate of drug-likeness (QED) is 0.778.